The lowest BCUT2D eigenvalue weighted by Gasteiger charge is -2.29. The van der Waals surface area contributed by atoms with Gasteiger partial charge >= 0.3 is 0 Å². The van der Waals surface area contributed by atoms with E-state index in [1.54, 1.807) is 0 Å². The van der Waals surface area contributed by atoms with Gasteiger partial charge in [0.25, 0.3) is 0 Å². The van der Waals surface area contributed by atoms with E-state index in [4.69, 9.17) is 0 Å². The Hall–Kier alpha value is -7.42. The summed E-state index contributed by atoms with van der Waals surface area (Å²) < 4.78 is 0. The van der Waals surface area contributed by atoms with Gasteiger partial charge in [0.1, 0.15) is 0 Å². The standard InChI is InChI=1S/C60H46N2/c1-39-23-24-47(35-40(39)2)59-51-33-31-50(62-57-21-11-7-16-44(57)28-29-45-17-8-12-22-58(45)62)38-54(51)60(48-30-25-41-13-3-4-18-46(41)36-48)52-34-32-49(37-53(52)59)61-55-19-9-5-14-42(55)26-27-43-15-6-10-20-56(43)61/h3-25,30-38H,26-29H2,1-2H3. The highest BCUT2D eigenvalue weighted by atomic mass is 15.2. The lowest BCUT2D eigenvalue weighted by molar-refractivity contribution is 0.977. The van der Waals surface area contributed by atoms with Gasteiger partial charge in [0.2, 0.25) is 0 Å². The van der Waals surface area contributed by atoms with Crippen LogP contribution in [0.2, 0.25) is 0 Å². The highest BCUT2D eigenvalue weighted by Gasteiger charge is 2.27. The van der Waals surface area contributed by atoms with Crippen molar-refractivity contribution in [1.29, 1.82) is 0 Å². The zero-order valence-electron chi connectivity index (χ0n) is 35.2. The quantitative estimate of drug-likeness (QED) is 0.164. The van der Waals surface area contributed by atoms with Gasteiger partial charge in [-0.1, -0.05) is 140 Å². The molecule has 2 heterocycles. The second kappa shape index (κ2) is 14.6. The molecule has 0 N–H and O–H groups in total. The van der Waals surface area contributed by atoms with Crippen LogP contribution in [0.25, 0.3) is 54.6 Å². The van der Waals surface area contributed by atoms with Crippen LogP contribution in [0.5, 0.6) is 0 Å². The smallest absolute Gasteiger partial charge is 0.0493 e. The van der Waals surface area contributed by atoms with Crippen LogP contribution in [0, 0.1) is 13.8 Å². The number of fused-ring (bicyclic) bond motifs is 7. The lowest BCUT2D eigenvalue weighted by atomic mass is 9.84. The van der Waals surface area contributed by atoms with Crippen molar-refractivity contribution in [2.75, 3.05) is 9.80 Å². The zero-order valence-corrected chi connectivity index (χ0v) is 35.2. The van der Waals surface area contributed by atoms with E-state index in [2.05, 4.69) is 218 Å². The number of benzene rings is 10. The molecule has 2 nitrogen and oxygen atoms in total. The summed E-state index contributed by atoms with van der Waals surface area (Å²) in [5.74, 6) is 0. The Morgan fingerprint density at radius 3 is 1.18 bits per heavy atom. The summed E-state index contributed by atoms with van der Waals surface area (Å²) in [6, 6.07) is 73.3. The van der Waals surface area contributed by atoms with Crippen LogP contribution in [-0.2, 0) is 25.7 Å². The van der Waals surface area contributed by atoms with Crippen LogP contribution >= 0.6 is 0 Å². The predicted octanol–water partition coefficient (Wildman–Crippen LogP) is 16.2. The van der Waals surface area contributed by atoms with E-state index >= 15 is 0 Å². The first-order chi connectivity index (χ1) is 30.6. The minimum Gasteiger partial charge on any atom is -0.310 e. The first kappa shape index (κ1) is 36.4. The van der Waals surface area contributed by atoms with Crippen LogP contribution in [-0.4, -0.2) is 0 Å². The molecule has 10 aromatic rings. The number of para-hydroxylation sites is 4. The molecule has 2 aliphatic heterocycles. The highest BCUT2D eigenvalue weighted by molar-refractivity contribution is 6.23. The molecule has 0 bridgehead atoms. The molecule has 0 amide bonds. The maximum Gasteiger partial charge on any atom is 0.0493 e. The molecule has 0 fully saturated rings. The van der Waals surface area contributed by atoms with E-state index in [-0.39, 0.29) is 0 Å². The summed E-state index contributed by atoms with van der Waals surface area (Å²) in [5, 5.41) is 7.48. The Morgan fingerprint density at radius 2 is 0.710 bits per heavy atom. The Labute approximate surface area is 364 Å². The van der Waals surface area contributed by atoms with Crippen molar-refractivity contribution in [1.82, 2.24) is 0 Å². The van der Waals surface area contributed by atoms with Gasteiger partial charge < -0.3 is 9.80 Å². The average molecular weight is 795 g/mol. The van der Waals surface area contributed by atoms with Gasteiger partial charge in [-0.2, -0.15) is 0 Å². The first-order valence-corrected chi connectivity index (χ1v) is 22.1. The second-order valence-corrected chi connectivity index (χ2v) is 17.3. The Bertz CT molecular complexity index is 3320. The molecule has 0 saturated heterocycles. The number of hydrogen-bond donors (Lipinski definition) is 0. The second-order valence-electron chi connectivity index (χ2n) is 17.3. The van der Waals surface area contributed by atoms with E-state index < -0.39 is 0 Å². The zero-order chi connectivity index (χ0) is 41.3. The van der Waals surface area contributed by atoms with Crippen LogP contribution in [0.1, 0.15) is 33.4 Å². The summed E-state index contributed by atoms with van der Waals surface area (Å²) in [4.78, 5) is 5.02. The van der Waals surface area contributed by atoms with Gasteiger partial charge in [-0.3, -0.25) is 0 Å². The first-order valence-electron chi connectivity index (χ1n) is 22.1. The van der Waals surface area contributed by atoms with Crippen molar-refractivity contribution in [2.45, 2.75) is 39.5 Å². The summed E-state index contributed by atoms with van der Waals surface area (Å²) in [5.41, 5.74) is 20.4. The normalized spacial score (nSPS) is 13.3. The van der Waals surface area contributed by atoms with E-state index in [0.717, 1.165) is 25.7 Å². The third-order valence-electron chi connectivity index (χ3n) is 13.7. The van der Waals surface area contributed by atoms with E-state index in [0.29, 0.717) is 0 Å². The number of anilines is 6. The van der Waals surface area contributed by atoms with Gasteiger partial charge in [-0.25, -0.2) is 0 Å². The van der Waals surface area contributed by atoms with Crippen molar-refractivity contribution >= 4 is 66.4 Å². The molecule has 2 aliphatic rings. The summed E-state index contributed by atoms with van der Waals surface area (Å²) in [6.45, 7) is 4.46. The van der Waals surface area contributed by atoms with Gasteiger partial charge in [0.15, 0.2) is 0 Å². The molecule has 0 aliphatic carbocycles. The number of hydrogen-bond acceptors (Lipinski definition) is 2. The van der Waals surface area contributed by atoms with Crippen molar-refractivity contribution in [2.24, 2.45) is 0 Å². The van der Waals surface area contributed by atoms with Gasteiger partial charge in [-0.15, -0.1) is 0 Å². The molecule has 296 valence electrons. The van der Waals surface area contributed by atoms with E-state index in [1.165, 1.54) is 122 Å². The summed E-state index contributed by atoms with van der Waals surface area (Å²) in [6.07, 6.45) is 4.04. The molecular formula is C60H46N2. The summed E-state index contributed by atoms with van der Waals surface area (Å²) in [7, 11) is 0. The Balaban J connectivity index is 1.20. The SMILES string of the molecule is Cc1ccc(-c2c3ccc(N4c5ccccc5CCc5ccccc54)cc3c(-c3ccc4ccccc4c3)c3ccc(N4c5ccccc5CCc5ccccc54)cc23)cc1C. The molecule has 0 unspecified atom stereocenters. The molecule has 2 heteroatoms. The predicted molar refractivity (Wildman–Crippen MR) is 263 cm³/mol. The van der Waals surface area contributed by atoms with Crippen LogP contribution in [0.15, 0.2) is 194 Å². The topological polar surface area (TPSA) is 6.48 Å². The number of nitrogens with zero attached hydrogens (tertiary/aromatic N) is 2. The van der Waals surface area contributed by atoms with Crippen LogP contribution in [0.4, 0.5) is 34.1 Å². The molecule has 12 rings (SSSR count). The number of rotatable bonds is 4. The molecule has 0 saturated carbocycles. The molecular weight excluding hydrogens is 749 g/mol. The lowest BCUT2D eigenvalue weighted by Crippen LogP contribution is -2.12. The van der Waals surface area contributed by atoms with Gasteiger partial charge in [-0.05, 0) is 182 Å². The molecule has 10 aromatic carbocycles. The minimum absolute atomic E-state index is 1.01. The van der Waals surface area contributed by atoms with Gasteiger partial charge in [0.05, 0.1) is 0 Å². The largest absolute Gasteiger partial charge is 0.310 e. The van der Waals surface area contributed by atoms with Crippen molar-refractivity contribution in [3.05, 3.63) is 228 Å². The fourth-order valence-corrected chi connectivity index (χ4v) is 10.5. The Morgan fingerprint density at radius 1 is 0.306 bits per heavy atom. The van der Waals surface area contributed by atoms with E-state index in [1.807, 2.05) is 0 Å². The maximum absolute atomic E-state index is 2.51. The highest BCUT2D eigenvalue weighted by Crippen LogP contribution is 2.50. The molecule has 62 heavy (non-hydrogen) atoms. The fraction of sp³-hybridized carbons (Fsp3) is 0.100. The maximum atomic E-state index is 2.51. The van der Waals surface area contributed by atoms with E-state index in [9.17, 15) is 0 Å². The average Bonchev–Trinajstić information content (AvgIpc) is 3.59. The molecule has 0 spiro atoms. The third-order valence-corrected chi connectivity index (χ3v) is 13.7. The van der Waals surface area contributed by atoms with Crippen LogP contribution < -0.4 is 9.80 Å². The number of aryl methyl sites for hydroxylation is 6. The third kappa shape index (κ3) is 5.93. The van der Waals surface area contributed by atoms with Crippen molar-refractivity contribution < 1.29 is 0 Å². The summed E-state index contributed by atoms with van der Waals surface area (Å²) >= 11 is 0. The monoisotopic (exact) mass is 794 g/mol. The fourth-order valence-electron chi connectivity index (χ4n) is 10.5. The Kier molecular flexibility index (Phi) is 8.60. The van der Waals surface area contributed by atoms with Gasteiger partial charge in [0, 0.05) is 34.1 Å². The van der Waals surface area contributed by atoms with Crippen LogP contribution in [0.3, 0.4) is 0 Å². The molecule has 0 atom stereocenters. The van der Waals surface area contributed by atoms with Crippen molar-refractivity contribution in [3.63, 3.8) is 0 Å². The molecule has 0 aromatic heterocycles. The molecule has 0 radical (unpaired) electrons. The van der Waals surface area contributed by atoms with Crippen molar-refractivity contribution in [3.8, 4) is 22.3 Å². The minimum atomic E-state index is 1.01.